The van der Waals surface area contributed by atoms with Crippen molar-refractivity contribution in [1.82, 2.24) is 5.43 Å². The maximum absolute atomic E-state index is 11.6. The fraction of sp³-hybridized carbons (Fsp3) is 0.125. The Morgan fingerprint density at radius 3 is 2.73 bits per heavy atom. The molecule has 0 bridgehead atoms. The van der Waals surface area contributed by atoms with Crippen LogP contribution < -0.4 is 10.2 Å². The molecule has 0 unspecified atom stereocenters. The van der Waals surface area contributed by atoms with Crippen molar-refractivity contribution in [2.45, 2.75) is 6.92 Å². The first-order valence-electron chi connectivity index (χ1n) is 6.51. The number of benzene rings is 2. The van der Waals surface area contributed by atoms with E-state index in [1.165, 1.54) is 6.21 Å². The van der Waals surface area contributed by atoms with Crippen molar-refractivity contribution >= 4 is 39.7 Å². The molecule has 2 aromatic rings. The first kappa shape index (κ1) is 16.5. The number of rotatable bonds is 5. The predicted octanol–water partition coefficient (Wildman–Crippen LogP) is 3.94. The van der Waals surface area contributed by atoms with Gasteiger partial charge in [-0.2, -0.15) is 5.10 Å². The van der Waals surface area contributed by atoms with Crippen LogP contribution in [0.25, 0.3) is 0 Å². The highest BCUT2D eigenvalue weighted by molar-refractivity contribution is 9.10. The topological polar surface area (TPSA) is 50.7 Å². The van der Waals surface area contributed by atoms with Gasteiger partial charge in [-0.3, -0.25) is 4.79 Å². The van der Waals surface area contributed by atoms with Gasteiger partial charge < -0.3 is 4.74 Å². The van der Waals surface area contributed by atoms with E-state index < -0.39 is 0 Å². The molecule has 0 atom stereocenters. The normalized spacial score (nSPS) is 10.7. The van der Waals surface area contributed by atoms with E-state index >= 15 is 0 Å². The third-order valence-corrected chi connectivity index (χ3v) is 3.91. The van der Waals surface area contributed by atoms with Gasteiger partial charge in [0.05, 0.1) is 6.21 Å². The minimum Gasteiger partial charge on any atom is -0.484 e. The van der Waals surface area contributed by atoms with Crippen LogP contribution >= 0.6 is 27.5 Å². The van der Waals surface area contributed by atoms with E-state index in [-0.39, 0.29) is 12.5 Å². The molecule has 2 rings (SSSR count). The minimum absolute atomic E-state index is 0.0982. The summed E-state index contributed by atoms with van der Waals surface area (Å²) in [4.78, 5) is 11.6. The van der Waals surface area contributed by atoms with Crippen LogP contribution in [0.3, 0.4) is 0 Å². The quantitative estimate of drug-likeness (QED) is 0.630. The lowest BCUT2D eigenvalue weighted by molar-refractivity contribution is -0.123. The lowest BCUT2D eigenvalue weighted by Gasteiger charge is -2.06. The largest absolute Gasteiger partial charge is 0.484 e. The van der Waals surface area contributed by atoms with Crippen LogP contribution in [0.2, 0.25) is 5.02 Å². The molecule has 1 amide bonds. The lowest BCUT2D eigenvalue weighted by atomic mass is 10.2. The average Bonchev–Trinajstić information content (AvgIpc) is 2.50. The standard InChI is InChI=1S/C16H14BrClN2O2/c1-11-8-14(6-7-15(11)17)22-10-16(21)20-19-9-12-2-4-13(18)5-3-12/h2-9H,10H2,1H3,(H,20,21)/b19-9+. The van der Waals surface area contributed by atoms with E-state index in [0.29, 0.717) is 10.8 Å². The highest BCUT2D eigenvalue weighted by atomic mass is 79.9. The van der Waals surface area contributed by atoms with Gasteiger partial charge in [0.15, 0.2) is 6.61 Å². The summed E-state index contributed by atoms with van der Waals surface area (Å²) < 4.78 is 6.39. The van der Waals surface area contributed by atoms with Crippen LogP contribution in [-0.4, -0.2) is 18.7 Å². The summed E-state index contributed by atoms with van der Waals surface area (Å²) in [5.74, 6) is 0.309. The monoisotopic (exact) mass is 380 g/mol. The van der Waals surface area contributed by atoms with E-state index in [2.05, 4.69) is 26.5 Å². The lowest BCUT2D eigenvalue weighted by Crippen LogP contribution is -2.24. The third kappa shape index (κ3) is 5.16. The Labute approximate surface area is 142 Å². The van der Waals surface area contributed by atoms with Gasteiger partial charge in [-0.05, 0) is 48.4 Å². The van der Waals surface area contributed by atoms with E-state index in [9.17, 15) is 4.79 Å². The molecule has 1 N–H and O–H groups in total. The smallest absolute Gasteiger partial charge is 0.277 e. The predicted molar refractivity (Wildman–Crippen MR) is 91.6 cm³/mol. The molecule has 114 valence electrons. The number of ether oxygens (including phenoxy) is 1. The van der Waals surface area contributed by atoms with Crippen molar-refractivity contribution in [3.63, 3.8) is 0 Å². The zero-order valence-electron chi connectivity index (χ0n) is 11.8. The summed E-state index contributed by atoms with van der Waals surface area (Å²) in [7, 11) is 0. The number of hydrazone groups is 1. The third-order valence-electron chi connectivity index (χ3n) is 2.77. The van der Waals surface area contributed by atoms with Gasteiger partial charge in [0.25, 0.3) is 5.91 Å². The van der Waals surface area contributed by atoms with Gasteiger partial charge in [-0.1, -0.05) is 39.7 Å². The van der Waals surface area contributed by atoms with Gasteiger partial charge in [-0.15, -0.1) is 0 Å². The summed E-state index contributed by atoms with van der Waals surface area (Å²) in [6.07, 6.45) is 1.54. The van der Waals surface area contributed by atoms with Crippen LogP contribution in [0.4, 0.5) is 0 Å². The SMILES string of the molecule is Cc1cc(OCC(=O)N/N=C/c2ccc(Cl)cc2)ccc1Br. The number of nitrogens with zero attached hydrogens (tertiary/aromatic N) is 1. The molecule has 0 spiro atoms. The first-order chi connectivity index (χ1) is 10.5. The molecule has 0 fully saturated rings. The molecule has 4 nitrogen and oxygen atoms in total. The summed E-state index contributed by atoms with van der Waals surface area (Å²) in [6.45, 7) is 1.85. The highest BCUT2D eigenvalue weighted by Crippen LogP contribution is 2.21. The van der Waals surface area contributed by atoms with Crippen molar-refractivity contribution in [2.24, 2.45) is 5.10 Å². The molecule has 6 heteroatoms. The molecule has 0 aliphatic rings. The average molecular weight is 382 g/mol. The fourth-order valence-electron chi connectivity index (χ4n) is 1.62. The molecule has 0 aliphatic carbocycles. The van der Waals surface area contributed by atoms with Crippen molar-refractivity contribution in [3.05, 3.63) is 63.1 Å². The Hall–Kier alpha value is -1.85. The van der Waals surface area contributed by atoms with E-state index in [1.807, 2.05) is 19.1 Å². The number of hydrogen-bond donors (Lipinski definition) is 1. The summed E-state index contributed by atoms with van der Waals surface area (Å²) in [5, 5.41) is 4.51. The fourth-order valence-corrected chi connectivity index (χ4v) is 1.99. The number of carbonyl (C=O) groups excluding carboxylic acids is 1. The second kappa shape index (κ2) is 7.96. The van der Waals surface area contributed by atoms with E-state index in [1.54, 1.807) is 30.3 Å². The highest BCUT2D eigenvalue weighted by Gasteiger charge is 2.03. The first-order valence-corrected chi connectivity index (χ1v) is 7.68. The van der Waals surface area contributed by atoms with Crippen LogP contribution in [-0.2, 0) is 4.79 Å². The molecule has 0 aromatic heterocycles. The van der Waals surface area contributed by atoms with Crippen molar-refractivity contribution in [2.75, 3.05) is 6.61 Å². The van der Waals surface area contributed by atoms with Crippen molar-refractivity contribution in [3.8, 4) is 5.75 Å². The molecule has 22 heavy (non-hydrogen) atoms. The summed E-state index contributed by atoms with van der Waals surface area (Å²) in [5.41, 5.74) is 4.29. The molecular formula is C16H14BrClN2O2. The minimum atomic E-state index is -0.328. The zero-order valence-corrected chi connectivity index (χ0v) is 14.2. The molecular weight excluding hydrogens is 368 g/mol. The Kier molecular flexibility index (Phi) is 5.98. The van der Waals surface area contributed by atoms with Gasteiger partial charge >= 0.3 is 0 Å². The number of carbonyl (C=O) groups is 1. The maximum atomic E-state index is 11.6. The van der Waals surface area contributed by atoms with E-state index in [4.69, 9.17) is 16.3 Å². The van der Waals surface area contributed by atoms with E-state index in [0.717, 1.165) is 15.6 Å². The second-order valence-electron chi connectivity index (χ2n) is 4.54. The van der Waals surface area contributed by atoms with Gasteiger partial charge in [-0.25, -0.2) is 5.43 Å². The molecule has 0 heterocycles. The Morgan fingerprint density at radius 1 is 1.32 bits per heavy atom. The van der Waals surface area contributed by atoms with Gasteiger partial charge in [0, 0.05) is 9.50 Å². The number of nitrogens with one attached hydrogen (secondary N) is 1. The van der Waals surface area contributed by atoms with Gasteiger partial charge in [0.2, 0.25) is 0 Å². The van der Waals surface area contributed by atoms with Gasteiger partial charge in [0.1, 0.15) is 5.75 Å². The molecule has 0 aliphatic heterocycles. The number of amides is 1. The molecule has 0 radical (unpaired) electrons. The van der Waals surface area contributed by atoms with Crippen LogP contribution in [0.5, 0.6) is 5.75 Å². The molecule has 2 aromatic carbocycles. The number of halogens is 2. The summed E-state index contributed by atoms with van der Waals surface area (Å²) in [6, 6.07) is 12.6. The second-order valence-corrected chi connectivity index (χ2v) is 5.84. The van der Waals surface area contributed by atoms with Crippen molar-refractivity contribution < 1.29 is 9.53 Å². The summed E-state index contributed by atoms with van der Waals surface area (Å²) >= 11 is 9.19. The molecule has 0 saturated carbocycles. The zero-order chi connectivity index (χ0) is 15.9. The van der Waals surface area contributed by atoms with Crippen molar-refractivity contribution in [1.29, 1.82) is 0 Å². The Balaban J connectivity index is 1.80. The Bertz CT molecular complexity index is 687. The van der Waals surface area contributed by atoms with Crippen LogP contribution in [0.1, 0.15) is 11.1 Å². The Morgan fingerprint density at radius 2 is 2.05 bits per heavy atom. The molecule has 0 saturated heterocycles. The maximum Gasteiger partial charge on any atom is 0.277 e. The van der Waals surface area contributed by atoms with Crippen LogP contribution in [0, 0.1) is 6.92 Å². The number of aryl methyl sites for hydroxylation is 1. The van der Waals surface area contributed by atoms with Crippen LogP contribution in [0.15, 0.2) is 52.0 Å². The number of hydrogen-bond acceptors (Lipinski definition) is 3.